The van der Waals surface area contributed by atoms with Crippen LogP contribution in [-0.2, 0) is 11.4 Å². The van der Waals surface area contributed by atoms with Gasteiger partial charge in [0.1, 0.15) is 6.61 Å². The van der Waals surface area contributed by atoms with Gasteiger partial charge in [-0.15, -0.1) is 0 Å². The van der Waals surface area contributed by atoms with E-state index in [2.05, 4.69) is 18.1 Å². The average molecular weight is 447 g/mol. The van der Waals surface area contributed by atoms with E-state index in [9.17, 15) is 15.5 Å². The van der Waals surface area contributed by atoms with Gasteiger partial charge < -0.3 is 19.8 Å². The Balaban J connectivity index is 1.51. The van der Waals surface area contributed by atoms with Crippen molar-refractivity contribution in [2.45, 2.75) is 57.7 Å². The van der Waals surface area contributed by atoms with Crippen molar-refractivity contribution in [3.63, 3.8) is 0 Å². The summed E-state index contributed by atoms with van der Waals surface area (Å²) in [6.45, 7) is 2.45. The Morgan fingerprint density at radius 3 is 2.82 bits per heavy atom. The van der Waals surface area contributed by atoms with Crippen LogP contribution < -0.4 is 4.74 Å². The molecule has 0 unspecified atom stereocenters. The molecule has 0 aliphatic heterocycles. The second kappa shape index (κ2) is 8.39. The molecular formula is C27H30N2O4. The van der Waals surface area contributed by atoms with E-state index in [0.29, 0.717) is 29.1 Å². The number of nitriles is 1. The largest absolute Gasteiger partial charge is 0.504 e. The second-order valence-electron chi connectivity index (χ2n) is 9.91. The first kappa shape index (κ1) is 21.8. The first-order valence-corrected chi connectivity index (χ1v) is 11.7. The van der Waals surface area contributed by atoms with Crippen molar-refractivity contribution in [2.24, 2.45) is 22.4 Å². The third-order valence-corrected chi connectivity index (χ3v) is 8.41. The summed E-state index contributed by atoms with van der Waals surface area (Å²) >= 11 is 0. The maximum Gasteiger partial charge on any atom is 0.160 e. The first-order valence-electron chi connectivity index (χ1n) is 11.7. The van der Waals surface area contributed by atoms with E-state index in [1.807, 2.05) is 24.3 Å². The summed E-state index contributed by atoms with van der Waals surface area (Å²) in [6, 6.07) is 13.2. The number of fused-ring (bicyclic) bond motifs is 5. The fourth-order valence-corrected chi connectivity index (χ4v) is 6.59. The highest BCUT2D eigenvalue weighted by Gasteiger charge is 2.55. The number of ether oxygens (including phenoxy) is 1. The van der Waals surface area contributed by atoms with Gasteiger partial charge in [-0.1, -0.05) is 30.3 Å². The lowest BCUT2D eigenvalue weighted by Gasteiger charge is -2.50. The van der Waals surface area contributed by atoms with E-state index in [4.69, 9.17) is 9.57 Å². The lowest BCUT2D eigenvalue weighted by molar-refractivity contribution is -0.0180. The van der Waals surface area contributed by atoms with Crippen LogP contribution in [0.25, 0.3) is 0 Å². The monoisotopic (exact) mass is 446 g/mol. The van der Waals surface area contributed by atoms with E-state index >= 15 is 0 Å². The molecule has 6 nitrogen and oxygen atoms in total. The molecule has 0 heterocycles. The summed E-state index contributed by atoms with van der Waals surface area (Å²) in [5.74, 6) is 1.68. The molecular weight excluding hydrogens is 416 g/mol. The SMILES string of the molecule is COc1cc2c(cc1O)/C(=N/OCc1ccccc1C#N)C[C@@H]1[C@@H]2CC[C@]2(C)[C@@H](O)CC[C@@H]12. The molecule has 2 saturated carbocycles. The van der Waals surface area contributed by atoms with Gasteiger partial charge in [-0.2, -0.15) is 5.26 Å². The van der Waals surface area contributed by atoms with E-state index < -0.39 is 0 Å². The Labute approximate surface area is 194 Å². The molecule has 2 N–H and O–H groups in total. The number of oxime groups is 1. The van der Waals surface area contributed by atoms with E-state index in [0.717, 1.165) is 54.5 Å². The number of aromatic hydroxyl groups is 1. The molecule has 0 bridgehead atoms. The number of phenolic OH excluding ortho intramolecular Hbond substituents is 1. The molecule has 5 atom stereocenters. The number of hydrogen-bond donors (Lipinski definition) is 2. The van der Waals surface area contributed by atoms with E-state index in [1.54, 1.807) is 19.2 Å². The summed E-state index contributed by atoms with van der Waals surface area (Å²) in [6.07, 6.45) is 4.36. The van der Waals surface area contributed by atoms with Crippen molar-refractivity contribution in [2.75, 3.05) is 7.11 Å². The normalized spacial score (nSPS) is 31.3. The van der Waals surface area contributed by atoms with Crippen LogP contribution in [-0.4, -0.2) is 29.1 Å². The molecule has 0 spiro atoms. The van der Waals surface area contributed by atoms with Crippen LogP contribution in [0.4, 0.5) is 0 Å². The predicted molar refractivity (Wildman–Crippen MR) is 124 cm³/mol. The first-order chi connectivity index (χ1) is 16.0. The number of nitrogens with zero attached hydrogens (tertiary/aromatic N) is 2. The molecule has 0 amide bonds. The molecule has 3 aliphatic rings. The van der Waals surface area contributed by atoms with Crippen LogP contribution in [0.15, 0.2) is 41.6 Å². The van der Waals surface area contributed by atoms with Crippen LogP contribution in [0.1, 0.15) is 67.2 Å². The maximum atomic E-state index is 10.7. The van der Waals surface area contributed by atoms with E-state index in [1.165, 1.54) is 0 Å². The quantitative estimate of drug-likeness (QED) is 0.654. The summed E-state index contributed by atoms with van der Waals surface area (Å²) in [4.78, 5) is 5.77. The highest BCUT2D eigenvalue weighted by atomic mass is 16.6. The number of aliphatic hydroxyl groups is 1. The Kier molecular flexibility index (Phi) is 5.54. The Bertz CT molecular complexity index is 1140. The van der Waals surface area contributed by atoms with Crippen molar-refractivity contribution in [1.82, 2.24) is 0 Å². The van der Waals surface area contributed by atoms with Gasteiger partial charge in [0.2, 0.25) is 0 Å². The van der Waals surface area contributed by atoms with Crippen molar-refractivity contribution in [3.05, 3.63) is 58.7 Å². The summed E-state index contributed by atoms with van der Waals surface area (Å²) in [5, 5.41) is 35.1. The van der Waals surface area contributed by atoms with Gasteiger partial charge in [0.15, 0.2) is 11.5 Å². The highest BCUT2D eigenvalue weighted by molar-refractivity contribution is 6.03. The Hall–Kier alpha value is -3.04. The number of rotatable bonds is 4. The Morgan fingerprint density at radius 1 is 1.21 bits per heavy atom. The number of phenols is 1. The number of benzene rings is 2. The zero-order valence-electron chi connectivity index (χ0n) is 19.1. The van der Waals surface area contributed by atoms with Crippen LogP contribution in [0.3, 0.4) is 0 Å². The molecule has 2 fully saturated rings. The van der Waals surface area contributed by atoms with Crippen molar-refractivity contribution < 1.29 is 19.8 Å². The highest BCUT2D eigenvalue weighted by Crippen LogP contribution is 2.61. The zero-order chi connectivity index (χ0) is 23.2. The molecule has 2 aromatic carbocycles. The van der Waals surface area contributed by atoms with Crippen LogP contribution >= 0.6 is 0 Å². The predicted octanol–water partition coefficient (Wildman–Crippen LogP) is 4.87. The minimum atomic E-state index is -0.252. The smallest absolute Gasteiger partial charge is 0.160 e. The molecule has 6 heteroatoms. The van der Waals surface area contributed by atoms with Gasteiger partial charge in [0, 0.05) is 11.1 Å². The zero-order valence-corrected chi connectivity index (χ0v) is 19.1. The molecule has 3 aliphatic carbocycles. The minimum Gasteiger partial charge on any atom is -0.504 e. The standard InChI is InChI=1S/C27H30N2O4/c1-27-10-9-18-19-13-25(32-2)24(30)12-21(19)23(11-20(18)22(27)7-8-26(27)31)29-33-15-17-6-4-3-5-16(17)14-28/h3-6,12-13,18,20,22,26,30-31H,7-11,15H2,1-2H3/b29-23+/t18-,20-,22+,26+,27+/m1/s1. The van der Waals surface area contributed by atoms with Gasteiger partial charge in [0.25, 0.3) is 0 Å². The minimum absolute atomic E-state index is 0.0582. The topological polar surface area (TPSA) is 95.1 Å². The fraction of sp³-hybridized carbons (Fsp3) is 0.481. The number of methoxy groups -OCH3 is 1. The van der Waals surface area contributed by atoms with Gasteiger partial charge in [-0.3, -0.25) is 0 Å². The van der Waals surface area contributed by atoms with Crippen molar-refractivity contribution in [3.8, 4) is 17.6 Å². The third kappa shape index (κ3) is 3.55. The molecule has 33 heavy (non-hydrogen) atoms. The Morgan fingerprint density at radius 2 is 2.03 bits per heavy atom. The fourth-order valence-electron chi connectivity index (χ4n) is 6.59. The summed E-state index contributed by atoms with van der Waals surface area (Å²) in [5.41, 5.74) is 4.17. The van der Waals surface area contributed by atoms with Crippen LogP contribution in [0.2, 0.25) is 0 Å². The molecule has 2 aromatic rings. The average Bonchev–Trinajstić information content (AvgIpc) is 3.13. The van der Waals surface area contributed by atoms with Gasteiger partial charge >= 0.3 is 0 Å². The lowest BCUT2D eigenvalue weighted by atomic mass is 9.55. The van der Waals surface area contributed by atoms with Crippen LogP contribution in [0.5, 0.6) is 11.5 Å². The molecule has 0 radical (unpaired) electrons. The van der Waals surface area contributed by atoms with E-state index in [-0.39, 0.29) is 23.9 Å². The molecule has 172 valence electrons. The van der Waals surface area contributed by atoms with Gasteiger partial charge in [-0.25, -0.2) is 0 Å². The third-order valence-electron chi connectivity index (χ3n) is 8.41. The molecule has 0 aromatic heterocycles. The maximum absolute atomic E-state index is 10.7. The number of aliphatic hydroxyl groups excluding tert-OH is 1. The second-order valence-corrected chi connectivity index (χ2v) is 9.91. The lowest BCUT2D eigenvalue weighted by Crippen LogP contribution is -2.45. The number of hydrogen-bond acceptors (Lipinski definition) is 6. The van der Waals surface area contributed by atoms with Crippen molar-refractivity contribution >= 4 is 5.71 Å². The summed E-state index contributed by atoms with van der Waals surface area (Å²) in [7, 11) is 1.57. The van der Waals surface area contributed by atoms with Crippen LogP contribution in [0, 0.1) is 28.6 Å². The molecule has 0 saturated heterocycles. The molecule has 5 rings (SSSR count). The van der Waals surface area contributed by atoms with Gasteiger partial charge in [-0.05, 0) is 79.0 Å². The van der Waals surface area contributed by atoms with Crippen molar-refractivity contribution in [1.29, 1.82) is 5.26 Å². The summed E-state index contributed by atoms with van der Waals surface area (Å²) < 4.78 is 5.42. The van der Waals surface area contributed by atoms with Gasteiger partial charge in [0.05, 0.1) is 30.6 Å².